The van der Waals surface area contributed by atoms with Crippen LogP contribution in [0.2, 0.25) is 0 Å². The topological polar surface area (TPSA) is 142 Å². The lowest BCUT2D eigenvalue weighted by atomic mass is 10.1. The Kier molecular flexibility index (Phi) is 6.70. The molecule has 1 heterocycles. The number of rotatable bonds is 8. The predicted octanol–water partition coefficient (Wildman–Crippen LogP) is 0.709. The highest BCUT2D eigenvalue weighted by atomic mass is 32.2. The van der Waals surface area contributed by atoms with Crippen molar-refractivity contribution in [3.05, 3.63) is 46.8 Å². The Labute approximate surface area is 156 Å². The third kappa shape index (κ3) is 5.63. The van der Waals surface area contributed by atoms with E-state index in [1.54, 1.807) is 19.1 Å². The number of benzene rings is 1. The summed E-state index contributed by atoms with van der Waals surface area (Å²) in [6.07, 6.45) is 0.994. The van der Waals surface area contributed by atoms with E-state index in [2.05, 4.69) is 10.5 Å². The number of carbonyl (C=O) groups excluding carboxylic acids is 2. The van der Waals surface area contributed by atoms with Crippen LogP contribution in [0.3, 0.4) is 0 Å². The van der Waals surface area contributed by atoms with E-state index in [9.17, 15) is 18.0 Å². The number of hydrogen-bond acceptors (Lipinski definition) is 7. The number of aromatic nitrogens is 1. The minimum absolute atomic E-state index is 0.0256. The molecule has 146 valence electrons. The number of nitrogens with one attached hydrogen (secondary N) is 1. The number of primary sulfonamides is 1. The van der Waals surface area contributed by atoms with Crippen molar-refractivity contribution in [1.82, 2.24) is 10.5 Å². The van der Waals surface area contributed by atoms with Crippen molar-refractivity contribution in [2.24, 2.45) is 5.14 Å². The molecule has 1 aromatic heterocycles. The second kappa shape index (κ2) is 8.78. The van der Waals surface area contributed by atoms with E-state index < -0.39 is 28.5 Å². The lowest BCUT2D eigenvalue weighted by molar-refractivity contribution is -0.124. The van der Waals surface area contributed by atoms with Gasteiger partial charge >= 0.3 is 5.97 Å². The normalized spacial score (nSPS) is 11.2. The molecule has 0 unspecified atom stereocenters. The summed E-state index contributed by atoms with van der Waals surface area (Å²) >= 11 is 0. The molecule has 0 bridgehead atoms. The SMILES string of the molecule is CCc1noc(C)c1C(=O)OCC(=O)NCCc1ccc(S(N)(=O)=O)cc1. The number of amides is 1. The van der Waals surface area contributed by atoms with Crippen molar-refractivity contribution in [3.8, 4) is 0 Å². The van der Waals surface area contributed by atoms with Gasteiger partial charge < -0.3 is 14.6 Å². The van der Waals surface area contributed by atoms with Crippen LogP contribution in [0.25, 0.3) is 0 Å². The fourth-order valence-electron chi connectivity index (χ4n) is 2.37. The van der Waals surface area contributed by atoms with Gasteiger partial charge in [0, 0.05) is 6.54 Å². The zero-order chi connectivity index (χ0) is 20.0. The molecule has 2 rings (SSSR count). The molecule has 0 saturated heterocycles. The van der Waals surface area contributed by atoms with Crippen LogP contribution in [0.4, 0.5) is 0 Å². The molecule has 2 aromatic rings. The second-order valence-electron chi connectivity index (χ2n) is 5.78. The van der Waals surface area contributed by atoms with E-state index in [0.29, 0.717) is 30.8 Å². The quantitative estimate of drug-likeness (QED) is 0.627. The Bertz CT molecular complexity index is 919. The lowest BCUT2D eigenvalue weighted by Gasteiger charge is -2.07. The molecule has 3 N–H and O–H groups in total. The van der Waals surface area contributed by atoms with Gasteiger partial charge in [-0.2, -0.15) is 0 Å². The maximum Gasteiger partial charge on any atom is 0.344 e. The van der Waals surface area contributed by atoms with Crippen LogP contribution in [0.15, 0.2) is 33.7 Å². The van der Waals surface area contributed by atoms with E-state index >= 15 is 0 Å². The molecular formula is C17H21N3O6S. The van der Waals surface area contributed by atoms with Crippen molar-refractivity contribution in [1.29, 1.82) is 0 Å². The zero-order valence-electron chi connectivity index (χ0n) is 15.0. The van der Waals surface area contributed by atoms with Crippen molar-refractivity contribution < 1.29 is 27.3 Å². The fourth-order valence-corrected chi connectivity index (χ4v) is 2.88. The Morgan fingerprint density at radius 1 is 1.26 bits per heavy atom. The Balaban J connectivity index is 1.78. The molecule has 1 amide bonds. The third-order valence-electron chi connectivity index (χ3n) is 3.79. The summed E-state index contributed by atoms with van der Waals surface area (Å²) in [5.41, 5.74) is 1.56. The summed E-state index contributed by atoms with van der Waals surface area (Å²) in [6, 6.07) is 6.04. The molecule has 27 heavy (non-hydrogen) atoms. The van der Waals surface area contributed by atoms with Gasteiger partial charge in [0.2, 0.25) is 10.0 Å². The molecule has 0 spiro atoms. The van der Waals surface area contributed by atoms with Gasteiger partial charge in [-0.25, -0.2) is 18.4 Å². The van der Waals surface area contributed by atoms with Gasteiger partial charge in [0.1, 0.15) is 11.3 Å². The molecule has 0 fully saturated rings. The Morgan fingerprint density at radius 3 is 2.52 bits per heavy atom. The number of nitrogens with zero attached hydrogens (tertiary/aromatic N) is 1. The Hall–Kier alpha value is -2.72. The number of carbonyl (C=O) groups is 2. The maximum absolute atomic E-state index is 12.1. The summed E-state index contributed by atoms with van der Waals surface area (Å²) in [5, 5.41) is 11.4. The van der Waals surface area contributed by atoms with Gasteiger partial charge in [0.05, 0.1) is 10.6 Å². The highest BCUT2D eigenvalue weighted by Gasteiger charge is 2.21. The molecule has 0 radical (unpaired) electrons. The monoisotopic (exact) mass is 395 g/mol. The first kappa shape index (κ1) is 20.6. The maximum atomic E-state index is 12.1. The molecule has 0 atom stereocenters. The van der Waals surface area contributed by atoms with Gasteiger partial charge in [-0.1, -0.05) is 24.2 Å². The number of aryl methyl sites for hydroxylation is 2. The smallest absolute Gasteiger partial charge is 0.344 e. The highest BCUT2D eigenvalue weighted by molar-refractivity contribution is 7.89. The summed E-state index contributed by atoms with van der Waals surface area (Å²) < 4.78 is 32.3. The van der Waals surface area contributed by atoms with Crippen LogP contribution < -0.4 is 10.5 Å². The van der Waals surface area contributed by atoms with E-state index in [1.165, 1.54) is 12.1 Å². The average molecular weight is 395 g/mol. The van der Waals surface area contributed by atoms with E-state index in [-0.39, 0.29) is 10.5 Å². The number of hydrogen-bond donors (Lipinski definition) is 2. The minimum Gasteiger partial charge on any atom is -0.452 e. The summed E-state index contributed by atoms with van der Waals surface area (Å²) in [5.74, 6) is -0.754. The summed E-state index contributed by atoms with van der Waals surface area (Å²) in [4.78, 5) is 23.9. The predicted molar refractivity (Wildman–Crippen MR) is 95.4 cm³/mol. The number of esters is 1. The van der Waals surface area contributed by atoms with Crippen LogP contribution in [-0.2, 0) is 32.4 Å². The average Bonchev–Trinajstić information content (AvgIpc) is 3.00. The number of nitrogens with two attached hydrogens (primary N) is 1. The molecular weight excluding hydrogens is 374 g/mol. The first-order chi connectivity index (χ1) is 12.7. The molecule has 10 heteroatoms. The zero-order valence-corrected chi connectivity index (χ0v) is 15.8. The van der Waals surface area contributed by atoms with E-state index in [4.69, 9.17) is 14.4 Å². The van der Waals surface area contributed by atoms with Gasteiger partial charge in [0.25, 0.3) is 5.91 Å². The van der Waals surface area contributed by atoms with Gasteiger partial charge in [-0.15, -0.1) is 0 Å². The highest BCUT2D eigenvalue weighted by Crippen LogP contribution is 2.15. The number of ether oxygens (including phenoxy) is 1. The minimum atomic E-state index is -3.73. The summed E-state index contributed by atoms with van der Waals surface area (Å²) in [7, 11) is -3.73. The molecule has 0 aliphatic rings. The van der Waals surface area contributed by atoms with Crippen molar-refractivity contribution in [2.75, 3.05) is 13.2 Å². The standard InChI is InChI=1S/C17H21N3O6S/c1-3-14-16(11(2)26-20-14)17(22)25-10-15(21)19-9-8-12-4-6-13(7-5-12)27(18,23)24/h4-7H,3,8-10H2,1-2H3,(H,19,21)(H2,18,23,24). The van der Waals surface area contributed by atoms with Crippen LogP contribution >= 0.6 is 0 Å². The molecule has 9 nitrogen and oxygen atoms in total. The van der Waals surface area contributed by atoms with Crippen LogP contribution in [-0.4, -0.2) is 38.6 Å². The van der Waals surface area contributed by atoms with E-state index in [0.717, 1.165) is 5.56 Å². The second-order valence-corrected chi connectivity index (χ2v) is 7.34. The van der Waals surface area contributed by atoms with Crippen LogP contribution in [0.1, 0.15) is 34.3 Å². The van der Waals surface area contributed by atoms with Gasteiger partial charge in [0.15, 0.2) is 6.61 Å². The lowest BCUT2D eigenvalue weighted by Crippen LogP contribution is -2.30. The molecule has 0 aliphatic heterocycles. The third-order valence-corrected chi connectivity index (χ3v) is 4.72. The van der Waals surface area contributed by atoms with Gasteiger partial charge in [-0.05, 0) is 37.5 Å². The van der Waals surface area contributed by atoms with Crippen molar-refractivity contribution in [3.63, 3.8) is 0 Å². The van der Waals surface area contributed by atoms with Crippen LogP contribution in [0.5, 0.6) is 0 Å². The Morgan fingerprint density at radius 2 is 1.93 bits per heavy atom. The van der Waals surface area contributed by atoms with Crippen LogP contribution in [0, 0.1) is 6.92 Å². The number of sulfonamides is 1. The molecule has 1 aromatic carbocycles. The molecule has 0 saturated carbocycles. The summed E-state index contributed by atoms with van der Waals surface area (Å²) in [6.45, 7) is 3.31. The first-order valence-corrected chi connectivity index (χ1v) is 9.77. The van der Waals surface area contributed by atoms with E-state index in [1.807, 2.05) is 6.92 Å². The fraction of sp³-hybridized carbons (Fsp3) is 0.353. The largest absolute Gasteiger partial charge is 0.452 e. The first-order valence-electron chi connectivity index (χ1n) is 8.23. The van der Waals surface area contributed by atoms with Gasteiger partial charge in [-0.3, -0.25) is 4.79 Å². The van der Waals surface area contributed by atoms with Crippen molar-refractivity contribution >= 4 is 21.9 Å². The molecule has 0 aliphatic carbocycles. The van der Waals surface area contributed by atoms with Crippen molar-refractivity contribution in [2.45, 2.75) is 31.6 Å².